The minimum atomic E-state index is -1.08. The van der Waals surface area contributed by atoms with E-state index in [-0.39, 0.29) is 11.8 Å². The van der Waals surface area contributed by atoms with Crippen LogP contribution in [0.15, 0.2) is 109 Å². The summed E-state index contributed by atoms with van der Waals surface area (Å²) in [6.07, 6.45) is 3.96. The van der Waals surface area contributed by atoms with Crippen molar-refractivity contribution in [3.63, 3.8) is 0 Å². The molecule has 0 saturated carbocycles. The van der Waals surface area contributed by atoms with Crippen LogP contribution in [0.4, 0.5) is 0 Å². The molecular formula is C36H35N3O3. The molecule has 6 heteroatoms. The molecule has 1 heterocycles. The molecule has 1 aromatic heterocycles. The highest BCUT2D eigenvalue weighted by molar-refractivity contribution is 5.96. The third kappa shape index (κ3) is 6.66. The van der Waals surface area contributed by atoms with Crippen molar-refractivity contribution in [2.75, 3.05) is 0 Å². The Kier molecular flexibility index (Phi) is 8.07. The van der Waals surface area contributed by atoms with Crippen molar-refractivity contribution >= 4 is 11.9 Å². The zero-order valence-corrected chi connectivity index (χ0v) is 24.3. The Hall–Kier alpha value is -4.97. The van der Waals surface area contributed by atoms with Crippen molar-refractivity contribution in [3.05, 3.63) is 132 Å². The minimum absolute atomic E-state index is 0.0308. The Bertz CT molecular complexity index is 1680. The van der Waals surface area contributed by atoms with Gasteiger partial charge < -0.3 is 10.4 Å². The van der Waals surface area contributed by atoms with Gasteiger partial charge in [0.25, 0.3) is 5.91 Å². The quantitative estimate of drug-likeness (QED) is 0.211. The molecule has 0 aliphatic rings. The van der Waals surface area contributed by atoms with Gasteiger partial charge in [0.1, 0.15) is 6.04 Å². The van der Waals surface area contributed by atoms with E-state index in [0.29, 0.717) is 5.56 Å². The maximum absolute atomic E-state index is 12.8. The minimum Gasteiger partial charge on any atom is -0.480 e. The zero-order valence-electron chi connectivity index (χ0n) is 24.3. The Morgan fingerprint density at radius 2 is 1.33 bits per heavy atom. The first-order valence-corrected chi connectivity index (χ1v) is 14.0. The van der Waals surface area contributed by atoms with Crippen LogP contribution in [0.5, 0.6) is 0 Å². The fraction of sp³-hybridized carbons (Fsp3) is 0.194. The van der Waals surface area contributed by atoms with Crippen LogP contribution in [0.2, 0.25) is 0 Å². The molecule has 1 atom stereocenters. The lowest BCUT2D eigenvalue weighted by Crippen LogP contribution is -2.42. The standard InChI is InChI=1S/C36H35N3O3/c1-24-5-9-26(10-6-24)27-15-19-32(20-16-27)39-23-30(22-37-39)28-11-7-25(8-12-28)21-33(35(41)42)38-34(40)29-13-17-31(18-14-29)36(2,3)4/h5-20,22-23,33H,21H2,1-4H3,(H,38,40)(H,41,42). The zero-order chi connectivity index (χ0) is 29.9. The number of nitrogens with one attached hydrogen (secondary N) is 1. The highest BCUT2D eigenvalue weighted by Crippen LogP contribution is 2.25. The van der Waals surface area contributed by atoms with Crippen molar-refractivity contribution in [1.82, 2.24) is 15.1 Å². The Labute approximate surface area is 246 Å². The van der Waals surface area contributed by atoms with Gasteiger partial charge in [-0.1, -0.05) is 99.1 Å². The molecular weight excluding hydrogens is 522 g/mol. The van der Waals surface area contributed by atoms with Crippen LogP contribution in [-0.4, -0.2) is 32.8 Å². The SMILES string of the molecule is Cc1ccc(-c2ccc(-n3cc(-c4ccc(CC(NC(=O)c5ccc(C(C)(C)C)cc5)C(=O)O)cc4)cn3)cc2)cc1. The molecule has 2 N–H and O–H groups in total. The van der Waals surface area contributed by atoms with E-state index in [1.807, 2.05) is 65.6 Å². The molecule has 0 aliphatic heterocycles. The number of hydrogen-bond acceptors (Lipinski definition) is 3. The van der Waals surface area contributed by atoms with Gasteiger partial charge >= 0.3 is 5.97 Å². The number of nitrogens with zero attached hydrogens (tertiary/aromatic N) is 2. The van der Waals surface area contributed by atoms with Gasteiger partial charge in [-0.05, 0) is 64.4 Å². The van der Waals surface area contributed by atoms with Crippen molar-refractivity contribution in [1.29, 1.82) is 0 Å². The van der Waals surface area contributed by atoms with Crippen LogP contribution < -0.4 is 5.32 Å². The number of carbonyl (C=O) groups is 2. The van der Waals surface area contributed by atoms with Crippen molar-refractivity contribution in [2.45, 2.75) is 45.6 Å². The predicted molar refractivity (Wildman–Crippen MR) is 167 cm³/mol. The average molecular weight is 558 g/mol. The van der Waals surface area contributed by atoms with Crippen LogP contribution in [0, 0.1) is 6.92 Å². The normalized spacial score (nSPS) is 12.1. The molecule has 0 saturated heterocycles. The summed E-state index contributed by atoms with van der Waals surface area (Å²) in [5.41, 5.74) is 8.76. The summed E-state index contributed by atoms with van der Waals surface area (Å²) in [4.78, 5) is 24.8. The van der Waals surface area contributed by atoms with Crippen LogP contribution >= 0.6 is 0 Å². The largest absolute Gasteiger partial charge is 0.480 e. The first kappa shape index (κ1) is 28.6. The second-order valence-electron chi connectivity index (χ2n) is 11.7. The molecule has 0 bridgehead atoms. The number of benzene rings is 4. The van der Waals surface area contributed by atoms with E-state index < -0.39 is 17.9 Å². The summed E-state index contributed by atoms with van der Waals surface area (Å²) >= 11 is 0. The second-order valence-corrected chi connectivity index (χ2v) is 11.7. The Morgan fingerprint density at radius 1 is 0.786 bits per heavy atom. The number of aromatic nitrogens is 2. The van der Waals surface area contributed by atoms with E-state index in [4.69, 9.17) is 0 Å². The molecule has 4 aromatic carbocycles. The molecule has 42 heavy (non-hydrogen) atoms. The third-order valence-electron chi connectivity index (χ3n) is 7.44. The summed E-state index contributed by atoms with van der Waals surface area (Å²) in [6.45, 7) is 8.39. The molecule has 5 rings (SSSR count). The topological polar surface area (TPSA) is 84.2 Å². The number of aliphatic carboxylic acids is 1. The number of carbonyl (C=O) groups excluding carboxylic acids is 1. The number of carboxylic acids is 1. The molecule has 0 aliphatic carbocycles. The lowest BCUT2D eigenvalue weighted by Gasteiger charge is -2.19. The maximum atomic E-state index is 12.8. The van der Waals surface area contributed by atoms with Gasteiger partial charge in [0.05, 0.1) is 11.9 Å². The molecule has 6 nitrogen and oxygen atoms in total. The van der Waals surface area contributed by atoms with Gasteiger partial charge in [0.15, 0.2) is 0 Å². The molecule has 0 radical (unpaired) electrons. The smallest absolute Gasteiger partial charge is 0.326 e. The van der Waals surface area contributed by atoms with Gasteiger partial charge in [-0.25, -0.2) is 9.48 Å². The highest BCUT2D eigenvalue weighted by atomic mass is 16.4. The molecule has 1 unspecified atom stereocenters. The lowest BCUT2D eigenvalue weighted by molar-refractivity contribution is -0.139. The summed E-state index contributed by atoms with van der Waals surface area (Å²) < 4.78 is 1.84. The second kappa shape index (κ2) is 11.9. The first-order valence-electron chi connectivity index (χ1n) is 14.0. The van der Waals surface area contributed by atoms with Gasteiger partial charge in [-0.3, -0.25) is 4.79 Å². The van der Waals surface area contributed by atoms with E-state index in [1.165, 1.54) is 11.1 Å². The van der Waals surface area contributed by atoms with Gasteiger partial charge in [0.2, 0.25) is 0 Å². The van der Waals surface area contributed by atoms with Crippen molar-refractivity contribution in [2.24, 2.45) is 0 Å². The van der Waals surface area contributed by atoms with Crippen LogP contribution in [0.1, 0.15) is 47.8 Å². The number of rotatable bonds is 8. The van der Waals surface area contributed by atoms with Gasteiger partial charge in [-0.15, -0.1) is 0 Å². The molecule has 212 valence electrons. The Morgan fingerprint density at radius 3 is 1.90 bits per heavy atom. The number of carboxylic acid groups (broad SMARTS) is 1. The van der Waals surface area contributed by atoms with Crippen LogP contribution in [-0.2, 0) is 16.6 Å². The fourth-order valence-corrected chi connectivity index (χ4v) is 4.80. The number of amides is 1. The summed E-state index contributed by atoms with van der Waals surface area (Å²) in [7, 11) is 0. The van der Waals surface area contributed by atoms with Gasteiger partial charge in [0, 0.05) is 23.7 Å². The van der Waals surface area contributed by atoms with E-state index in [0.717, 1.165) is 33.5 Å². The van der Waals surface area contributed by atoms with Crippen molar-refractivity contribution < 1.29 is 14.7 Å². The maximum Gasteiger partial charge on any atom is 0.326 e. The van der Waals surface area contributed by atoms with E-state index in [2.05, 4.69) is 74.5 Å². The summed E-state index contributed by atoms with van der Waals surface area (Å²) in [5, 5.41) is 17.0. The van der Waals surface area contributed by atoms with Crippen LogP contribution in [0.25, 0.3) is 27.9 Å². The molecule has 0 fully saturated rings. The van der Waals surface area contributed by atoms with E-state index in [1.54, 1.807) is 12.1 Å². The van der Waals surface area contributed by atoms with E-state index in [9.17, 15) is 14.7 Å². The molecule has 0 spiro atoms. The highest BCUT2D eigenvalue weighted by Gasteiger charge is 2.22. The van der Waals surface area contributed by atoms with Crippen molar-refractivity contribution in [3.8, 4) is 27.9 Å². The molecule has 5 aromatic rings. The van der Waals surface area contributed by atoms with Gasteiger partial charge in [-0.2, -0.15) is 5.10 Å². The summed E-state index contributed by atoms with van der Waals surface area (Å²) in [5.74, 6) is -1.48. The number of aryl methyl sites for hydroxylation is 1. The fourth-order valence-electron chi connectivity index (χ4n) is 4.80. The number of hydrogen-bond donors (Lipinski definition) is 2. The molecule has 1 amide bonds. The first-order chi connectivity index (χ1) is 20.1. The lowest BCUT2D eigenvalue weighted by atomic mass is 9.86. The van der Waals surface area contributed by atoms with Crippen LogP contribution in [0.3, 0.4) is 0 Å². The Balaban J connectivity index is 1.23. The summed E-state index contributed by atoms with van der Waals surface area (Å²) in [6, 6.07) is 30.7. The van der Waals surface area contributed by atoms with E-state index >= 15 is 0 Å². The average Bonchev–Trinajstić information content (AvgIpc) is 3.48. The monoisotopic (exact) mass is 557 g/mol. The predicted octanol–water partition coefficient (Wildman–Crippen LogP) is 7.24. The third-order valence-corrected chi connectivity index (χ3v) is 7.44.